The van der Waals surface area contributed by atoms with E-state index in [2.05, 4.69) is 46.1 Å². The van der Waals surface area contributed by atoms with E-state index in [0.29, 0.717) is 6.04 Å². The second kappa shape index (κ2) is 4.81. The van der Waals surface area contributed by atoms with Gasteiger partial charge in [-0.3, -0.25) is 4.68 Å². The lowest BCUT2D eigenvalue weighted by atomic mass is 10.2. The first-order valence-electron chi connectivity index (χ1n) is 4.08. The van der Waals surface area contributed by atoms with Gasteiger partial charge in [0, 0.05) is 6.20 Å². The number of hydrogen-bond donors (Lipinski definition) is 1. The topological polar surface area (TPSA) is 29.9 Å². The average Bonchev–Trinajstić information content (AvgIpc) is 2.47. The first kappa shape index (κ1) is 9.98. The Morgan fingerprint density at radius 2 is 2.50 bits per heavy atom. The summed E-state index contributed by atoms with van der Waals surface area (Å²) in [4.78, 5) is 0. The summed E-state index contributed by atoms with van der Waals surface area (Å²) in [6, 6.07) is 0.487. The molecule has 0 aliphatic carbocycles. The molecule has 1 unspecified atom stereocenters. The van der Waals surface area contributed by atoms with Crippen molar-refractivity contribution >= 4 is 22.6 Å². The highest BCUT2D eigenvalue weighted by Crippen LogP contribution is 2.10. The highest BCUT2D eigenvalue weighted by Gasteiger charge is 2.04. The summed E-state index contributed by atoms with van der Waals surface area (Å²) in [6.07, 6.45) is 5.07. The summed E-state index contributed by atoms with van der Waals surface area (Å²) in [6.45, 7) is 3.22. The van der Waals surface area contributed by atoms with Gasteiger partial charge in [-0.2, -0.15) is 5.10 Å². The maximum Gasteiger partial charge on any atom is 0.0623 e. The molecule has 0 aliphatic heterocycles. The largest absolute Gasteiger partial charge is 0.320 e. The standard InChI is InChI=1S/C8H14IN3/c1-7(3-4-10-2)12-6-8(9)5-11-12/h5-7,10H,3-4H2,1-2H3. The molecule has 0 amide bonds. The molecule has 0 spiro atoms. The van der Waals surface area contributed by atoms with Crippen LogP contribution in [0.4, 0.5) is 0 Å². The first-order valence-corrected chi connectivity index (χ1v) is 5.16. The third-order valence-electron chi connectivity index (χ3n) is 1.83. The van der Waals surface area contributed by atoms with Gasteiger partial charge in [-0.15, -0.1) is 0 Å². The van der Waals surface area contributed by atoms with Crippen LogP contribution in [0.3, 0.4) is 0 Å². The van der Waals surface area contributed by atoms with Crippen LogP contribution < -0.4 is 5.32 Å². The van der Waals surface area contributed by atoms with Crippen LogP contribution in [0.5, 0.6) is 0 Å². The zero-order chi connectivity index (χ0) is 8.97. The van der Waals surface area contributed by atoms with E-state index in [-0.39, 0.29) is 0 Å². The molecule has 4 heteroatoms. The van der Waals surface area contributed by atoms with Crippen LogP contribution in [0.1, 0.15) is 19.4 Å². The second-order valence-corrected chi connectivity index (χ2v) is 4.13. The first-order chi connectivity index (χ1) is 5.74. The molecule has 1 N–H and O–H groups in total. The zero-order valence-electron chi connectivity index (χ0n) is 7.42. The molecule has 0 fully saturated rings. The normalized spacial score (nSPS) is 13.2. The van der Waals surface area contributed by atoms with Gasteiger partial charge in [-0.05, 0) is 49.5 Å². The van der Waals surface area contributed by atoms with Crippen LogP contribution in [0, 0.1) is 3.57 Å². The average molecular weight is 279 g/mol. The number of rotatable bonds is 4. The van der Waals surface area contributed by atoms with Crippen LogP contribution in [-0.2, 0) is 0 Å². The highest BCUT2D eigenvalue weighted by molar-refractivity contribution is 14.1. The van der Waals surface area contributed by atoms with E-state index < -0.39 is 0 Å². The molecule has 1 heterocycles. The number of nitrogens with one attached hydrogen (secondary N) is 1. The smallest absolute Gasteiger partial charge is 0.0623 e. The molecule has 0 aromatic carbocycles. The van der Waals surface area contributed by atoms with Crippen LogP contribution >= 0.6 is 22.6 Å². The third kappa shape index (κ3) is 2.75. The SMILES string of the molecule is CNCCC(C)n1cc(I)cn1. The Bertz CT molecular complexity index is 234. The molecule has 68 valence electrons. The monoisotopic (exact) mass is 279 g/mol. The molecule has 1 rings (SSSR count). The maximum atomic E-state index is 4.25. The van der Waals surface area contributed by atoms with E-state index in [1.165, 1.54) is 3.57 Å². The minimum absolute atomic E-state index is 0.487. The molecule has 3 nitrogen and oxygen atoms in total. The number of nitrogens with zero attached hydrogens (tertiary/aromatic N) is 2. The van der Waals surface area contributed by atoms with Crippen molar-refractivity contribution in [3.8, 4) is 0 Å². The Balaban J connectivity index is 2.47. The highest BCUT2D eigenvalue weighted by atomic mass is 127. The predicted octanol–water partition coefficient (Wildman–Crippen LogP) is 1.66. The fourth-order valence-electron chi connectivity index (χ4n) is 1.04. The Kier molecular flexibility index (Phi) is 4.00. The van der Waals surface area contributed by atoms with E-state index in [1.807, 2.05) is 17.9 Å². The van der Waals surface area contributed by atoms with Gasteiger partial charge in [0.15, 0.2) is 0 Å². The van der Waals surface area contributed by atoms with Crippen LogP contribution in [0.2, 0.25) is 0 Å². The second-order valence-electron chi connectivity index (χ2n) is 2.88. The molecule has 1 aromatic heterocycles. The summed E-state index contributed by atoms with van der Waals surface area (Å²) < 4.78 is 3.21. The molecule has 0 bridgehead atoms. The van der Waals surface area contributed by atoms with Crippen molar-refractivity contribution in [1.29, 1.82) is 0 Å². The van der Waals surface area contributed by atoms with Gasteiger partial charge in [0.1, 0.15) is 0 Å². The summed E-state index contributed by atoms with van der Waals surface area (Å²) in [5.74, 6) is 0. The molecule has 0 saturated heterocycles. The van der Waals surface area contributed by atoms with Crippen molar-refractivity contribution in [2.75, 3.05) is 13.6 Å². The van der Waals surface area contributed by atoms with Crippen LogP contribution in [-0.4, -0.2) is 23.4 Å². The van der Waals surface area contributed by atoms with Crippen molar-refractivity contribution in [1.82, 2.24) is 15.1 Å². The van der Waals surface area contributed by atoms with E-state index in [0.717, 1.165) is 13.0 Å². The summed E-state index contributed by atoms with van der Waals surface area (Å²) in [7, 11) is 1.97. The van der Waals surface area contributed by atoms with Crippen molar-refractivity contribution < 1.29 is 0 Å². The fraction of sp³-hybridized carbons (Fsp3) is 0.625. The zero-order valence-corrected chi connectivity index (χ0v) is 9.58. The quantitative estimate of drug-likeness (QED) is 0.849. The van der Waals surface area contributed by atoms with Gasteiger partial charge < -0.3 is 5.32 Å². The molecule has 1 atom stereocenters. The molecular weight excluding hydrogens is 265 g/mol. The molecule has 0 saturated carbocycles. The molecule has 0 radical (unpaired) electrons. The Morgan fingerprint density at radius 1 is 1.75 bits per heavy atom. The van der Waals surface area contributed by atoms with E-state index in [4.69, 9.17) is 0 Å². The number of hydrogen-bond acceptors (Lipinski definition) is 2. The van der Waals surface area contributed by atoms with Gasteiger partial charge in [0.2, 0.25) is 0 Å². The molecule has 12 heavy (non-hydrogen) atoms. The van der Waals surface area contributed by atoms with Crippen LogP contribution in [0.25, 0.3) is 0 Å². The number of halogens is 1. The lowest BCUT2D eigenvalue weighted by molar-refractivity contribution is 0.452. The van der Waals surface area contributed by atoms with Gasteiger partial charge >= 0.3 is 0 Å². The van der Waals surface area contributed by atoms with Crippen molar-refractivity contribution in [2.24, 2.45) is 0 Å². The van der Waals surface area contributed by atoms with E-state index in [9.17, 15) is 0 Å². The Labute approximate surface area is 86.7 Å². The summed E-state index contributed by atoms with van der Waals surface area (Å²) in [5, 5.41) is 7.38. The summed E-state index contributed by atoms with van der Waals surface area (Å²) >= 11 is 2.27. The van der Waals surface area contributed by atoms with Crippen molar-refractivity contribution in [3.63, 3.8) is 0 Å². The predicted molar refractivity (Wildman–Crippen MR) is 58.2 cm³/mol. The van der Waals surface area contributed by atoms with Gasteiger partial charge in [0.05, 0.1) is 15.8 Å². The molecular formula is C8H14IN3. The Hall–Kier alpha value is -0.100. The van der Waals surface area contributed by atoms with Gasteiger partial charge in [0.25, 0.3) is 0 Å². The minimum atomic E-state index is 0.487. The molecule has 1 aromatic rings. The molecule has 0 aliphatic rings. The van der Waals surface area contributed by atoms with E-state index in [1.54, 1.807) is 0 Å². The lowest BCUT2D eigenvalue weighted by Crippen LogP contribution is -2.14. The van der Waals surface area contributed by atoms with E-state index >= 15 is 0 Å². The minimum Gasteiger partial charge on any atom is -0.320 e. The fourth-order valence-corrected chi connectivity index (χ4v) is 1.45. The van der Waals surface area contributed by atoms with Crippen LogP contribution in [0.15, 0.2) is 12.4 Å². The van der Waals surface area contributed by atoms with Gasteiger partial charge in [-0.1, -0.05) is 0 Å². The Morgan fingerprint density at radius 3 is 3.00 bits per heavy atom. The third-order valence-corrected chi connectivity index (χ3v) is 2.39. The maximum absolute atomic E-state index is 4.25. The summed E-state index contributed by atoms with van der Waals surface area (Å²) in [5.41, 5.74) is 0. The van der Waals surface area contributed by atoms with Gasteiger partial charge in [-0.25, -0.2) is 0 Å². The van der Waals surface area contributed by atoms with Crippen molar-refractivity contribution in [2.45, 2.75) is 19.4 Å². The number of aromatic nitrogens is 2. The van der Waals surface area contributed by atoms with Crippen molar-refractivity contribution in [3.05, 3.63) is 16.0 Å². The lowest BCUT2D eigenvalue weighted by Gasteiger charge is -2.10.